The number of benzene rings is 1. The highest BCUT2D eigenvalue weighted by atomic mass is 35.5. The molecule has 25 heavy (non-hydrogen) atoms. The Kier molecular flexibility index (Phi) is 5.71. The maximum Gasteiger partial charge on any atom is 0.325 e. The van der Waals surface area contributed by atoms with Crippen LogP contribution in [0.4, 0.5) is 5.69 Å². The zero-order valence-electron chi connectivity index (χ0n) is 13.4. The van der Waals surface area contributed by atoms with Gasteiger partial charge in [0.2, 0.25) is 0 Å². The molecule has 2 aromatic rings. The second-order valence-corrected chi connectivity index (χ2v) is 5.48. The second kappa shape index (κ2) is 7.75. The lowest BCUT2D eigenvalue weighted by Crippen LogP contribution is -2.30. The number of nitro benzene ring substituents is 1. The fourth-order valence-electron chi connectivity index (χ4n) is 1.96. The molecule has 0 saturated heterocycles. The third-order valence-electron chi connectivity index (χ3n) is 3.36. The van der Waals surface area contributed by atoms with Crippen molar-refractivity contribution in [3.63, 3.8) is 0 Å². The topological polar surface area (TPSA) is 125 Å². The number of hydrogen-bond donors (Lipinski definition) is 1. The van der Waals surface area contributed by atoms with E-state index >= 15 is 0 Å². The number of hydrogen-bond acceptors (Lipinski definition) is 7. The second-order valence-electron chi connectivity index (χ2n) is 5.07. The van der Waals surface area contributed by atoms with Crippen LogP contribution in [-0.4, -0.2) is 28.5 Å². The maximum absolute atomic E-state index is 12.0. The van der Waals surface area contributed by atoms with E-state index in [9.17, 15) is 19.7 Å². The molecule has 1 aromatic carbocycles. The van der Waals surface area contributed by atoms with E-state index in [1.807, 2.05) is 0 Å². The van der Waals surface area contributed by atoms with E-state index in [2.05, 4.69) is 10.5 Å². The van der Waals surface area contributed by atoms with Gasteiger partial charge in [0.05, 0.1) is 16.2 Å². The molecule has 1 heterocycles. The van der Waals surface area contributed by atoms with Crippen LogP contribution in [0, 0.1) is 24.0 Å². The molecule has 0 spiro atoms. The Hall–Kier alpha value is -2.94. The van der Waals surface area contributed by atoms with Gasteiger partial charge in [0.25, 0.3) is 11.6 Å². The quantitative estimate of drug-likeness (QED) is 0.471. The zero-order valence-corrected chi connectivity index (χ0v) is 14.1. The molecule has 0 radical (unpaired) electrons. The predicted molar refractivity (Wildman–Crippen MR) is 86.2 cm³/mol. The van der Waals surface area contributed by atoms with Crippen LogP contribution in [0.15, 0.2) is 22.7 Å². The Balaban J connectivity index is 1.90. The molecule has 0 saturated carbocycles. The number of aryl methyl sites for hydroxylation is 2. The first-order valence-corrected chi connectivity index (χ1v) is 7.47. The molecule has 132 valence electrons. The molecule has 1 aromatic heterocycles. The van der Waals surface area contributed by atoms with Crippen molar-refractivity contribution in [2.75, 3.05) is 6.54 Å². The molecular formula is C15H14ClN3O6. The Morgan fingerprint density at radius 1 is 1.40 bits per heavy atom. The number of nitrogens with one attached hydrogen (secondary N) is 1. The van der Waals surface area contributed by atoms with E-state index < -0.39 is 29.0 Å². The van der Waals surface area contributed by atoms with E-state index in [0.717, 1.165) is 6.07 Å². The summed E-state index contributed by atoms with van der Waals surface area (Å²) < 4.78 is 9.98. The van der Waals surface area contributed by atoms with Crippen LogP contribution >= 0.6 is 11.6 Å². The van der Waals surface area contributed by atoms with Gasteiger partial charge in [-0.05, 0) is 26.0 Å². The standard InChI is InChI=1S/C15H14ClN3O6/c1-8-11(9(2)25-18-8)7-24-14(20)6-17-15(21)10-3-4-12(16)13(5-10)19(22)23/h3-5H,6-7H2,1-2H3,(H,17,21). The van der Waals surface area contributed by atoms with Crippen LogP contribution in [0.2, 0.25) is 5.02 Å². The highest BCUT2D eigenvalue weighted by Crippen LogP contribution is 2.24. The smallest absolute Gasteiger partial charge is 0.325 e. The van der Waals surface area contributed by atoms with E-state index in [4.69, 9.17) is 20.9 Å². The van der Waals surface area contributed by atoms with Gasteiger partial charge in [0.1, 0.15) is 23.9 Å². The summed E-state index contributed by atoms with van der Waals surface area (Å²) in [4.78, 5) is 33.8. The van der Waals surface area contributed by atoms with Crippen molar-refractivity contribution in [2.24, 2.45) is 0 Å². The summed E-state index contributed by atoms with van der Waals surface area (Å²) in [5, 5.41) is 16.8. The fourth-order valence-corrected chi connectivity index (χ4v) is 2.15. The molecule has 0 unspecified atom stereocenters. The number of ether oxygens (including phenoxy) is 1. The molecule has 10 heteroatoms. The number of aromatic nitrogens is 1. The molecule has 0 aliphatic heterocycles. The van der Waals surface area contributed by atoms with Gasteiger partial charge in [0.15, 0.2) is 0 Å². The maximum atomic E-state index is 12.0. The number of esters is 1. The van der Waals surface area contributed by atoms with Crippen molar-refractivity contribution in [3.05, 3.63) is 55.9 Å². The monoisotopic (exact) mass is 367 g/mol. The number of rotatable bonds is 6. The summed E-state index contributed by atoms with van der Waals surface area (Å²) in [6.45, 7) is 2.99. The van der Waals surface area contributed by atoms with Gasteiger partial charge in [-0.25, -0.2) is 0 Å². The minimum Gasteiger partial charge on any atom is -0.459 e. The first-order valence-electron chi connectivity index (χ1n) is 7.09. The number of halogens is 1. The summed E-state index contributed by atoms with van der Waals surface area (Å²) in [6, 6.07) is 3.59. The van der Waals surface area contributed by atoms with Crippen molar-refractivity contribution < 1.29 is 23.8 Å². The lowest BCUT2D eigenvalue weighted by atomic mass is 10.2. The molecule has 1 N–H and O–H groups in total. The number of nitrogens with zero attached hydrogens (tertiary/aromatic N) is 2. The van der Waals surface area contributed by atoms with Gasteiger partial charge in [-0.1, -0.05) is 16.8 Å². The molecular weight excluding hydrogens is 354 g/mol. The zero-order chi connectivity index (χ0) is 18.6. The predicted octanol–water partition coefficient (Wildman–Crippen LogP) is 2.33. The Morgan fingerprint density at radius 3 is 2.72 bits per heavy atom. The van der Waals surface area contributed by atoms with Crippen molar-refractivity contribution >= 4 is 29.2 Å². The highest BCUT2D eigenvalue weighted by Gasteiger charge is 2.17. The van der Waals surface area contributed by atoms with Crippen molar-refractivity contribution in [1.29, 1.82) is 0 Å². The Morgan fingerprint density at radius 2 is 2.12 bits per heavy atom. The van der Waals surface area contributed by atoms with Gasteiger partial charge in [-0.3, -0.25) is 19.7 Å². The SMILES string of the molecule is Cc1noc(C)c1COC(=O)CNC(=O)c1ccc(Cl)c([N+](=O)[O-])c1. The average molecular weight is 368 g/mol. The number of nitro groups is 1. The Labute approximate surface area is 147 Å². The number of carbonyl (C=O) groups excluding carboxylic acids is 2. The minimum absolute atomic E-state index is 0.00891. The minimum atomic E-state index is -0.697. The molecule has 2 rings (SSSR count). The van der Waals surface area contributed by atoms with Gasteiger partial charge < -0.3 is 14.6 Å². The van der Waals surface area contributed by atoms with E-state index in [0.29, 0.717) is 17.0 Å². The van der Waals surface area contributed by atoms with Gasteiger partial charge in [0, 0.05) is 11.6 Å². The first-order chi connectivity index (χ1) is 11.8. The van der Waals surface area contributed by atoms with Crippen molar-refractivity contribution in [2.45, 2.75) is 20.5 Å². The highest BCUT2D eigenvalue weighted by molar-refractivity contribution is 6.32. The normalized spacial score (nSPS) is 10.4. The van der Waals surface area contributed by atoms with E-state index in [-0.39, 0.29) is 17.2 Å². The lowest BCUT2D eigenvalue weighted by molar-refractivity contribution is -0.384. The summed E-state index contributed by atoms with van der Waals surface area (Å²) in [6.07, 6.45) is 0. The van der Waals surface area contributed by atoms with Crippen molar-refractivity contribution in [1.82, 2.24) is 10.5 Å². The first kappa shape index (κ1) is 18.4. The van der Waals surface area contributed by atoms with Crippen LogP contribution in [0.5, 0.6) is 0 Å². The van der Waals surface area contributed by atoms with Crippen LogP contribution in [0.1, 0.15) is 27.4 Å². The van der Waals surface area contributed by atoms with Crippen LogP contribution in [0.25, 0.3) is 0 Å². The lowest BCUT2D eigenvalue weighted by Gasteiger charge is -2.07. The summed E-state index contributed by atoms with van der Waals surface area (Å²) in [7, 11) is 0. The van der Waals surface area contributed by atoms with Crippen LogP contribution in [-0.2, 0) is 16.1 Å². The average Bonchev–Trinajstić information content (AvgIpc) is 2.89. The van der Waals surface area contributed by atoms with Crippen LogP contribution < -0.4 is 5.32 Å². The van der Waals surface area contributed by atoms with Crippen molar-refractivity contribution in [3.8, 4) is 0 Å². The molecule has 0 fully saturated rings. The van der Waals surface area contributed by atoms with Gasteiger partial charge in [-0.15, -0.1) is 0 Å². The molecule has 0 atom stereocenters. The summed E-state index contributed by atoms with van der Waals surface area (Å²) >= 11 is 5.68. The van der Waals surface area contributed by atoms with Gasteiger partial charge >= 0.3 is 5.97 Å². The van der Waals surface area contributed by atoms with Gasteiger partial charge in [-0.2, -0.15) is 0 Å². The largest absolute Gasteiger partial charge is 0.459 e. The molecule has 0 bridgehead atoms. The third kappa shape index (κ3) is 4.54. The van der Waals surface area contributed by atoms with Crippen LogP contribution in [0.3, 0.4) is 0 Å². The summed E-state index contributed by atoms with van der Waals surface area (Å²) in [5.74, 6) is -0.784. The van der Waals surface area contributed by atoms with E-state index in [1.165, 1.54) is 12.1 Å². The third-order valence-corrected chi connectivity index (χ3v) is 3.68. The number of amides is 1. The molecule has 0 aliphatic carbocycles. The molecule has 0 aliphatic rings. The molecule has 9 nitrogen and oxygen atoms in total. The molecule has 1 amide bonds. The number of carbonyl (C=O) groups is 2. The summed E-state index contributed by atoms with van der Waals surface area (Å²) in [5.41, 5.74) is 0.890. The Bertz CT molecular complexity index is 813. The fraction of sp³-hybridized carbons (Fsp3) is 0.267. The van der Waals surface area contributed by atoms with E-state index in [1.54, 1.807) is 13.8 Å².